The number of quaternary nitrogens is 1. The predicted octanol–water partition coefficient (Wildman–Crippen LogP) is 2.77. The summed E-state index contributed by atoms with van der Waals surface area (Å²) in [7, 11) is 4.28. The first-order chi connectivity index (χ1) is 25.6. The average Bonchev–Trinajstić information content (AvgIpc) is 4.03. The summed E-state index contributed by atoms with van der Waals surface area (Å²) in [6.07, 6.45) is 9.20. The Balaban J connectivity index is 0.000000134. The Kier molecular flexibility index (Phi) is 7.09. The summed E-state index contributed by atoms with van der Waals surface area (Å²) in [6, 6.07) is 6.71. The van der Waals surface area contributed by atoms with Crippen LogP contribution < -0.4 is 9.47 Å². The molecule has 54 heavy (non-hydrogen) atoms. The summed E-state index contributed by atoms with van der Waals surface area (Å²) in [4.78, 5) is 27.2. The van der Waals surface area contributed by atoms with Crippen molar-refractivity contribution in [3.05, 3.63) is 52.6 Å². The molecule has 6 aliphatic carbocycles. The molecular formula is C42H51N2O10+. The van der Waals surface area contributed by atoms with Crippen molar-refractivity contribution >= 4 is 17.8 Å². The van der Waals surface area contributed by atoms with Gasteiger partial charge in [0.05, 0.1) is 36.6 Å². The van der Waals surface area contributed by atoms with Crippen molar-refractivity contribution in [2.45, 2.75) is 110 Å². The SMILES string of the molecule is CN(CC[C@]12c3c4ccc(O)c3O[C@H]1C(=O)CC[C@@]2(O)C=C4)CC1CC1.C[N+]1(CC2CC2)CC[C@]23c4c5ccc(O)c4O[C@H]2C(O)(C(=O)O)C[C@@]3(O)[C@H]1C5. The van der Waals surface area contributed by atoms with E-state index in [0.717, 1.165) is 54.4 Å². The molecule has 0 radical (unpaired) electrons. The van der Waals surface area contributed by atoms with Gasteiger partial charge in [0.25, 0.3) is 0 Å². The van der Waals surface area contributed by atoms with E-state index in [4.69, 9.17) is 9.47 Å². The third-order valence-electron chi connectivity index (χ3n) is 15.4. The van der Waals surface area contributed by atoms with Crippen molar-refractivity contribution in [3.8, 4) is 23.0 Å². The fourth-order valence-electron chi connectivity index (χ4n) is 12.5. The normalized spacial score (nSPS) is 41.1. The largest absolute Gasteiger partial charge is 0.504 e. The maximum atomic E-state index is 12.8. The van der Waals surface area contributed by atoms with Gasteiger partial charge in [0, 0.05) is 49.3 Å². The zero-order valence-electron chi connectivity index (χ0n) is 31.0. The highest BCUT2D eigenvalue weighted by Gasteiger charge is 2.84. The van der Waals surface area contributed by atoms with Crippen molar-refractivity contribution < 1.29 is 54.2 Å². The molecule has 2 bridgehead atoms. The van der Waals surface area contributed by atoms with Gasteiger partial charge in [-0.2, -0.15) is 0 Å². The average molecular weight is 744 g/mol. The van der Waals surface area contributed by atoms with Crippen LogP contribution in [-0.4, -0.2) is 127 Å². The highest BCUT2D eigenvalue weighted by Crippen LogP contribution is 2.70. The van der Waals surface area contributed by atoms with Gasteiger partial charge in [0.15, 0.2) is 41.0 Å². The number of piperidine rings is 1. The van der Waals surface area contributed by atoms with Crippen LogP contribution in [0.2, 0.25) is 0 Å². The molecule has 1 saturated heterocycles. The fourth-order valence-corrected chi connectivity index (χ4v) is 12.5. The minimum absolute atomic E-state index is 0.0244. The predicted molar refractivity (Wildman–Crippen MR) is 194 cm³/mol. The molecule has 0 amide bonds. The van der Waals surface area contributed by atoms with Gasteiger partial charge >= 0.3 is 5.97 Å². The number of likely N-dealkylation sites (N-methyl/N-ethyl adjacent to an activating group) is 1. The standard InChI is InChI=1S/C21H25NO6.C21H25NO4/c1-22(9-11-2-3-11)7-6-19-15-12-4-5-13(23)16(15)28-17(19)20(26,18(24)25)10-21(19,27)14(22)8-12;1-22(12-13-2-3-13)11-10-21-17-14-4-5-15(23)18(17)26-19(21)16(24)7-9-20(21,25)8-6-14/h4-5,11,14,17,26-27H,2-3,6-10H2,1H3,(H-,23,24,25);4-6,8,13,19,23,25H,2-3,7,9-12H2,1H3/p+1/t14-,17-,19+,20?,21-,22?;19-,20-,21-/m10/s1. The number of benzene rings is 2. The lowest BCUT2D eigenvalue weighted by atomic mass is 9.54. The molecule has 0 aromatic heterocycles. The second-order valence-corrected chi connectivity index (χ2v) is 18.6. The number of carboxylic acid groups (broad SMARTS) is 1. The summed E-state index contributed by atoms with van der Waals surface area (Å²) in [5.41, 5.74) is -3.01. The first kappa shape index (κ1) is 34.8. The van der Waals surface area contributed by atoms with E-state index >= 15 is 0 Å². The third kappa shape index (κ3) is 4.32. The number of aliphatic hydroxyl groups is 3. The second kappa shape index (κ2) is 11.0. The van der Waals surface area contributed by atoms with E-state index in [1.165, 1.54) is 25.7 Å². The van der Waals surface area contributed by atoms with Crippen LogP contribution in [0.1, 0.15) is 80.0 Å². The summed E-state index contributed by atoms with van der Waals surface area (Å²) in [5, 5.41) is 65.6. The third-order valence-corrected chi connectivity index (χ3v) is 15.4. The highest BCUT2D eigenvalue weighted by atomic mass is 16.5. The molecular weight excluding hydrogens is 692 g/mol. The molecule has 5 fully saturated rings. The second-order valence-electron chi connectivity index (χ2n) is 18.6. The van der Waals surface area contributed by atoms with Gasteiger partial charge in [-0.05, 0) is 81.3 Å². The number of carbonyl (C=O) groups excluding carboxylic acids is 1. The fraction of sp³-hybridized carbons (Fsp3) is 0.619. The van der Waals surface area contributed by atoms with Crippen LogP contribution in [0.3, 0.4) is 0 Å². The first-order valence-electron chi connectivity index (χ1n) is 19.8. The van der Waals surface area contributed by atoms with Crippen molar-refractivity contribution in [2.24, 2.45) is 11.8 Å². The number of carboxylic acids is 1. The zero-order chi connectivity index (χ0) is 37.8. The number of Topliss-reactive ketones (excluding diaryl/α,β-unsaturated/α-hetero) is 1. The highest BCUT2D eigenvalue weighted by molar-refractivity contribution is 5.91. The van der Waals surface area contributed by atoms with E-state index in [9.17, 15) is 40.2 Å². The molecule has 3 aliphatic heterocycles. The van der Waals surface area contributed by atoms with Crippen LogP contribution in [0.5, 0.6) is 23.0 Å². The molecule has 288 valence electrons. The smallest absolute Gasteiger partial charge is 0.339 e. The summed E-state index contributed by atoms with van der Waals surface area (Å²) in [6.45, 7) is 3.62. The molecule has 3 heterocycles. The zero-order valence-corrected chi connectivity index (χ0v) is 31.0. The Labute approximate surface area is 314 Å². The van der Waals surface area contributed by atoms with Gasteiger partial charge in [-0.1, -0.05) is 24.3 Å². The van der Waals surface area contributed by atoms with E-state index in [0.29, 0.717) is 48.3 Å². The minimum Gasteiger partial charge on any atom is -0.504 e. The summed E-state index contributed by atoms with van der Waals surface area (Å²) >= 11 is 0. The molecule has 11 rings (SSSR count). The Morgan fingerprint density at radius 3 is 2.37 bits per heavy atom. The molecule has 9 atom stereocenters. The molecule has 2 unspecified atom stereocenters. The van der Waals surface area contributed by atoms with E-state index in [-0.39, 0.29) is 35.5 Å². The van der Waals surface area contributed by atoms with Crippen LogP contribution in [0, 0.1) is 11.8 Å². The van der Waals surface area contributed by atoms with Crippen LogP contribution in [0.15, 0.2) is 30.3 Å². The van der Waals surface area contributed by atoms with E-state index in [1.54, 1.807) is 12.1 Å². The Morgan fingerprint density at radius 1 is 0.963 bits per heavy atom. The lowest BCUT2D eigenvalue weighted by molar-refractivity contribution is -0.950. The quantitative estimate of drug-likeness (QED) is 0.219. The summed E-state index contributed by atoms with van der Waals surface area (Å²) < 4.78 is 12.7. The number of ether oxygens (including phenoxy) is 2. The number of aromatic hydroxyl groups is 2. The molecule has 2 aromatic rings. The van der Waals surface area contributed by atoms with E-state index in [1.807, 2.05) is 24.3 Å². The van der Waals surface area contributed by atoms with Crippen LogP contribution in [0.25, 0.3) is 6.08 Å². The minimum atomic E-state index is -2.19. The number of hydrogen-bond donors (Lipinski definition) is 6. The molecule has 9 aliphatic rings. The molecule has 12 nitrogen and oxygen atoms in total. The molecule has 6 N–H and O–H groups in total. The van der Waals surface area contributed by atoms with Gasteiger partial charge in [0.1, 0.15) is 11.6 Å². The number of hydrogen-bond acceptors (Lipinski definition) is 10. The maximum absolute atomic E-state index is 12.8. The number of likely N-dealkylation sites (tertiary alicyclic amines) is 1. The van der Waals surface area contributed by atoms with Crippen molar-refractivity contribution in [1.82, 2.24) is 4.90 Å². The van der Waals surface area contributed by atoms with Gasteiger partial charge in [-0.15, -0.1) is 0 Å². The Morgan fingerprint density at radius 2 is 1.67 bits per heavy atom. The van der Waals surface area contributed by atoms with Crippen LogP contribution in [-0.2, 0) is 26.8 Å². The number of phenols is 2. The van der Waals surface area contributed by atoms with E-state index < -0.39 is 45.8 Å². The number of aliphatic carboxylic acids is 1. The Hall–Kier alpha value is -3.68. The van der Waals surface area contributed by atoms with Gasteiger partial charge in [-0.25, -0.2) is 4.79 Å². The van der Waals surface area contributed by atoms with Crippen LogP contribution >= 0.6 is 0 Å². The molecule has 12 heteroatoms. The van der Waals surface area contributed by atoms with Crippen LogP contribution in [0.4, 0.5) is 0 Å². The lowest BCUT2D eigenvalue weighted by Gasteiger charge is -2.60. The van der Waals surface area contributed by atoms with E-state index in [2.05, 4.69) is 19.0 Å². The topological polar surface area (TPSA) is 177 Å². The Bertz CT molecular complexity index is 2030. The van der Waals surface area contributed by atoms with Crippen molar-refractivity contribution in [1.29, 1.82) is 0 Å². The number of ketones is 1. The maximum Gasteiger partial charge on any atom is 0.339 e. The van der Waals surface area contributed by atoms with Gasteiger partial charge < -0.3 is 49.5 Å². The summed E-state index contributed by atoms with van der Waals surface area (Å²) in [5.74, 6) is 0.732. The number of phenolic OH excluding ortho intramolecular Hbond substituents is 2. The molecule has 4 saturated carbocycles. The monoisotopic (exact) mass is 743 g/mol. The molecule has 1 spiro atoms. The first-order valence-corrected chi connectivity index (χ1v) is 19.8. The number of rotatable bonds is 8. The van der Waals surface area contributed by atoms with Crippen molar-refractivity contribution in [2.75, 3.05) is 40.3 Å². The molecule has 2 aromatic carbocycles. The van der Waals surface area contributed by atoms with Gasteiger partial charge in [0.2, 0.25) is 5.60 Å². The number of carbonyl (C=O) groups is 2. The van der Waals surface area contributed by atoms with Crippen molar-refractivity contribution in [3.63, 3.8) is 0 Å². The number of nitrogens with zero attached hydrogens (tertiary/aromatic N) is 2. The lowest BCUT2D eigenvalue weighted by Crippen LogP contribution is -2.76. The van der Waals surface area contributed by atoms with Gasteiger partial charge in [-0.3, -0.25) is 4.79 Å².